The lowest BCUT2D eigenvalue weighted by Crippen LogP contribution is -2.42. The van der Waals surface area contributed by atoms with Crippen LogP contribution in [0.3, 0.4) is 0 Å². The van der Waals surface area contributed by atoms with Crippen LogP contribution >= 0.6 is 0 Å². The zero-order valence-electron chi connectivity index (χ0n) is 12.5. The van der Waals surface area contributed by atoms with Crippen molar-refractivity contribution in [1.82, 2.24) is 20.5 Å². The average Bonchev–Trinajstić information content (AvgIpc) is 2.89. The summed E-state index contributed by atoms with van der Waals surface area (Å²) in [6, 6.07) is 0.0897. The number of amides is 1. The number of hydrogen-bond donors (Lipinski definition) is 4. The largest absolute Gasteiger partial charge is 0.481 e. The van der Waals surface area contributed by atoms with E-state index >= 15 is 0 Å². The van der Waals surface area contributed by atoms with Crippen molar-refractivity contribution in [3.8, 4) is 0 Å². The zero-order chi connectivity index (χ0) is 17.1. The van der Waals surface area contributed by atoms with Crippen molar-refractivity contribution in [3.63, 3.8) is 0 Å². The molecule has 0 aliphatic rings. The molecule has 0 radical (unpaired) electrons. The van der Waals surface area contributed by atoms with Gasteiger partial charge in [0.15, 0.2) is 0 Å². The third kappa shape index (κ3) is 3.44. The predicted molar refractivity (Wildman–Crippen MR) is 79.1 cm³/mol. The Balaban J connectivity index is 2.39. The van der Waals surface area contributed by atoms with Gasteiger partial charge in [-0.1, -0.05) is 13.8 Å². The molecule has 9 nitrogen and oxygen atoms in total. The summed E-state index contributed by atoms with van der Waals surface area (Å²) in [7, 11) is 0. The molecule has 0 saturated heterocycles. The molecular weight excluding hydrogens is 304 g/mol. The maximum absolute atomic E-state index is 12.4. The van der Waals surface area contributed by atoms with Crippen LogP contribution < -0.4 is 5.32 Å². The fourth-order valence-electron chi connectivity index (χ4n) is 2.18. The highest BCUT2D eigenvalue weighted by Gasteiger charge is 2.26. The number of carbonyl (C=O) groups is 3. The average molecular weight is 320 g/mol. The van der Waals surface area contributed by atoms with E-state index in [0.29, 0.717) is 16.6 Å². The fraction of sp³-hybridized carbons (Fsp3) is 0.357. The number of carbonyl (C=O) groups excluding carboxylic acids is 1. The molecule has 2 aromatic heterocycles. The molecule has 1 atom stereocenters. The summed E-state index contributed by atoms with van der Waals surface area (Å²) in [6.07, 6.45) is 0.661. The number of nitrogens with zero attached hydrogens (tertiary/aromatic N) is 2. The molecule has 23 heavy (non-hydrogen) atoms. The van der Waals surface area contributed by atoms with Crippen LogP contribution in [0.2, 0.25) is 0 Å². The minimum Gasteiger partial charge on any atom is -0.481 e. The first kappa shape index (κ1) is 16.4. The number of nitrogens with one attached hydrogen (secondary N) is 2. The summed E-state index contributed by atoms with van der Waals surface area (Å²) in [5.74, 6) is -3.46. The number of fused-ring (bicyclic) bond motifs is 1. The van der Waals surface area contributed by atoms with E-state index in [1.165, 1.54) is 6.20 Å². The van der Waals surface area contributed by atoms with E-state index < -0.39 is 30.3 Å². The van der Waals surface area contributed by atoms with Crippen LogP contribution in [0.25, 0.3) is 10.9 Å². The number of hydrogen-bond acceptors (Lipinski definition) is 5. The van der Waals surface area contributed by atoms with Gasteiger partial charge in [-0.15, -0.1) is 0 Å². The van der Waals surface area contributed by atoms with Crippen LogP contribution in [0.5, 0.6) is 0 Å². The van der Waals surface area contributed by atoms with Gasteiger partial charge in [-0.3, -0.25) is 19.7 Å². The minimum absolute atomic E-state index is 0.0107. The molecule has 0 aliphatic carbocycles. The summed E-state index contributed by atoms with van der Waals surface area (Å²) in [5, 5.41) is 27.4. The van der Waals surface area contributed by atoms with Gasteiger partial charge in [0.25, 0.3) is 5.91 Å². The van der Waals surface area contributed by atoms with Gasteiger partial charge in [-0.2, -0.15) is 5.10 Å². The van der Waals surface area contributed by atoms with E-state index in [-0.39, 0.29) is 11.6 Å². The van der Waals surface area contributed by atoms with Gasteiger partial charge in [0, 0.05) is 11.9 Å². The molecule has 2 rings (SSSR count). The smallest absolute Gasteiger partial charge is 0.326 e. The third-order valence-electron chi connectivity index (χ3n) is 3.27. The van der Waals surface area contributed by atoms with Crippen LogP contribution in [0.15, 0.2) is 12.3 Å². The maximum atomic E-state index is 12.4. The van der Waals surface area contributed by atoms with Crippen molar-refractivity contribution in [2.75, 3.05) is 0 Å². The van der Waals surface area contributed by atoms with Crippen molar-refractivity contribution in [3.05, 3.63) is 23.7 Å². The molecule has 2 heterocycles. The number of carboxylic acid groups (broad SMARTS) is 2. The van der Waals surface area contributed by atoms with Gasteiger partial charge in [0.2, 0.25) is 0 Å². The first-order valence-corrected chi connectivity index (χ1v) is 6.89. The SMILES string of the molecule is CC(C)c1[nH]nc2ccnc(C(=O)N[C@H](CC(=O)O)C(=O)O)c12. The van der Waals surface area contributed by atoms with E-state index in [9.17, 15) is 14.4 Å². The van der Waals surface area contributed by atoms with E-state index in [1.54, 1.807) is 6.07 Å². The van der Waals surface area contributed by atoms with Crippen molar-refractivity contribution in [1.29, 1.82) is 0 Å². The van der Waals surface area contributed by atoms with E-state index in [1.807, 2.05) is 13.8 Å². The Morgan fingerprint density at radius 3 is 2.57 bits per heavy atom. The number of carboxylic acids is 2. The molecule has 9 heteroatoms. The molecule has 0 aromatic carbocycles. The van der Waals surface area contributed by atoms with Crippen LogP contribution in [-0.2, 0) is 9.59 Å². The lowest BCUT2D eigenvalue weighted by atomic mass is 10.0. The molecular formula is C14H16N4O5. The first-order valence-electron chi connectivity index (χ1n) is 6.89. The molecule has 1 amide bonds. The molecule has 0 spiro atoms. The number of rotatable bonds is 6. The van der Waals surface area contributed by atoms with Gasteiger partial charge in [-0.05, 0) is 12.0 Å². The lowest BCUT2D eigenvalue weighted by molar-refractivity contribution is -0.145. The highest BCUT2D eigenvalue weighted by Crippen LogP contribution is 2.24. The van der Waals surface area contributed by atoms with Gasteiger partial charge in [0.1, 0.15) is 11.7 Å². The molecule has 0 saturated carbocycles. The second kappa shape index (κ2) is 6.42. The number of aliphatic carboxylic acids is 2. The monoisotopic (exact) mass is 320 g/mol. The summed E-state index contributed by atoms with van der Waals surface area (Å²) in [4.78, 5) is 38.1. The molecule has 0 unspecified atom stereocenters. The summed E-state index contributed by atoms with van der Waals surface area (Å²) < 4.78 is 0. The van der Waals surface area contributed by atoms with E-state index in [0.717, 1.165) is 0 Å². The third-order valence-corrected chi connectivity index (χ3v) is 3.27. The van der Waals surface area contributed by atoms with Crippen molar-refractivity contribution < 1.29 is 24.6 Å². The van der Waals surface area contributed by atoms with Crippen molar-refractivity contribution >= 4 is 28.7 Å². The van der Waals surface area contributed by atoms with Crippen molar-refractivity contribution in [2.45, 2.75) is 32.2 Å². The Hall–Kier alpha value is -2.97. The fourth-order valence-corrected chi connectivity index (χ4v) is 2.18. The molecule has 2 aromatic rings. The normalized spacial score (nSPS) is 12.3. The predicted octanol–water partition coefficient (Wildman–Crippen LogP) is 0.739. The number of H-pyrrole nitrogens is 1. The number of aromatic amines is 1. The molecule has 0 bridgehead atoms. The Morgan fingerprint density at radius 1 is 1.30 bits per heavy atom. The Labute approximate surface area is 130 Å². The highest BCUT2D eigenvalue weighted by molar-refractivity contribution is 6.06. The standard InChI is InChI=1S/C14H16N4O5/c1-6(2)11-10-7(17-18-11)3-4-15-12(10)13(21)16-8(14(22)23)5-9(19)20/h3-4,6,8H,5H2,1-2H3,(H,16,21)(H,17,18)(H,19,20)(H,22,23)/t8-/m1/s1. The number of aromatic nitrogens is 3. The van der Waals surface area contributed by atoms with Crippen LogP contribution in [0.1, 0.15) is 42.4 Å². The molecule has 0 fully saturated rings. The minimum atomic E-state index is -1.54. The lowest BCUT2D eigenvalue weighted by Gasteiger charge is -2.13. The maximum Gasteiger partial charge on any atom is 0.326 e. The van der Waals surface area contributed by atoms with Gasteiger partial charge < -0.3 is 15.5 Å². The van der Waals surface area contributed by atoms with Crippen LogP contribution in [0, 0.1) is 0 Å². The highest BCUT2D eigenvalue weighted by atomic mass is 16.4. The number of pyridine rings is 1. The molecule has 0 aliphatic heterocycles. The van der Waals surface area contributed by atoms with Gasteiger partial charge in [0.05, 0.1) is 17.3 Å². The van der Waals surface area contributed by atoms with Gasteiger partial charge >= 0.3 is 11.9 Å². The first-order chi connectivity index (χ1) is 10.8. The topological polar surface area (TPSA) is 145 Å². The van der Waals surface area contributed by atoms with E-state index in [4.69, 9.17) is 10.2 Å². The summed E-state index contributed by atoms with van der Waals surface area (Å²) >= 11 is 0. The Kier molecular flexibility index (Phi) is 4.58. The van der Waals surface area contributed by atoms with Crippen LogP contribution in [0.4, 0.5) is 0 Å². The van der Waals surface area contributed by atoms with Crippen LogP contribution in [-0.4, -0.2) is 49.3 Å². The molecule has 122 valence electrons. The van der Waals surface area contributed by atoms with Gasteiger partial charge in [-0.25, -0.2) is 4.79 Å². The van der Waals surface area contributed by atoms with E-state index in [2.05, 4.69) is 20.5 Å². The van der Waals surface area contributed by atoms with Crippen molar-refractivity contribution in [2.24, 2.45) is 0 Å². The summed E-state index contributed by atoms with van der Waals surface area (Å²) in [6.45, 7) is 3.82. The Morgan fingerprint density at radius 2 is 2.00 bits per heavy atom. The second-order valence-corrected chi connectivity index (χ2v) is 5.31. The summed E-state index contributed by atoms with van der Waals surface area (Å²) in [5.41, 5.74) is 1.24. The quantitative estimate of drug-likeness (QED) is 0.614. The second-order valence-electron chi connectivity index (χ2n) is 5.31. The molecule has 4 N–H and O–H groups in total. The Bertz CT molecular complexity index is 768. The zero-order valence-corrected chi connectivity index (χ0v) is 12.5.